The Morgan fingerprint density at radius 3 is 2.41 bits per heavy atom. The molecule has 3 nitrogen and oxygen atoms in total. The molecule has 0 amide bonds. The van der Waals surface area contributed by atoms with Crippen molar-refractivity contribution < 1.29 is 9.47 Å². The van der Waals surface area contributed by atoms with Crippen molar-refractivity contribution in [1.29, 1.82) is 0 Å². The molecule has 1 unspecified atom stereocenters. The Morgan fingerprint density at radius 2 is 1.82 bits per heavy atom. The highest BCUT2D eigenvalue weighted by molar-refractivity contribution is 5.21. The fraction of sp³-hybridized carbons (Fsp3) is 0.571. The van der Waals surface area contributed by atoms with Crippen LogP contribution in [0.1, 0.15) is 25.0 Å². The van der Waals surface area contributed by atoms with E-state index in [2.05, 4.69) is 36.5 Å². The number of methoxy groups -OCH3 is 1. The Morgan fingerprint density at radius 1 is 1.18 bits per heavy atom. The highest BCUT2D eigenvalue weighted by Crippen LogP contribution is 2.05. The summed E-state index contributed by atoms with van der Waals surface area (Å²) in [6, 6.07) is 8.86. The summed E-state index contributed by atoms with van der Waals surface area (Å²) >= 11 is 0. The molecule has 0 aliphatic rings. The minimum atomic E-state index is 0.383. The van der Waals surface area contributed by atoms with Gasteiger partial charge < -0.3 is 14.8 Å². The molecule has 0 saturated carbocycles. The first-order chi connectivity index (χ1) is 8.26. The van der Waals surface area contributed by atoms with E-state index in [-0.39, 0.29) is 0 Å². The highest BCUT2D eigenvalue weighted by Gasteiger charge is 2.01. The zero-order valence-electron chi connectivity index (χ0n) is 11.0. The quantitative estimate of drug-likeness (QED) is 0.753. The molecule has 0 aliphatic carbocycles. The Bertz CT molecular complexity index is 298. The first kappa shape index (κ1) is 14.2. The lowest BCUT2D eigenvalue weighted by Crippen LogP contribution is -2.30. The van der Waals surface area contributed by atoms with Crippen LogP contribution in [0, 0.1) is 0 Å². The van der Waals surface area contributed by atoms with E-state index in [0.29, 0.717) is 12.6 Å². The molecule has 3 heteroatoms. The lowest BCUT2D eigenvalue weighted by Gasteiger charge is -2.13. The van der Waals surface area contributed by atoms with Gasteiger partial charge in [0.1, 0.15) is 0 Å². The predicted molar refractivity (Wildman–Crippen MR) is 69.9 cm³/mol. The van der Waals surface area contributed by atoms with Crippen molar-refractivity contribution in [3.8, 4) is 0 Å². The largest absolute Gasteiger partial charge is 0.380 e. The molecule has 0 fully saturated rings. The average molecular weight is 237 g/mol. The molecular formula is C14H23NO2. The zero-order chi connectivity index (χ0) is 12.5. The van der Waals surface area contributed by atoms with Crippen LogP contribution in [0.4, 0.5) is 0 Å². The second-order valence-corrected chi connectivity index (χ2v) is 4.19. The summed E-state index contributed by atoms with van der Waals surface area (Å²) in [5.74, 6) is 0. The summed E-state index contributed by atoms with van der Waals surface area (Å²) in [6.45, 7) is 7.24. The van der Waals surface area contributed by atoms with Gasteiger partial charge in [-0.05, 0) is 25.0 Å². The number of hydrogen-bond acceptors (Lipinski definition) is 3. The van der Waals surface area contributed by atoms with Crippen LogP contribution in [-0.4, -0.2) is 26.4 Å². The molecule has 17 heavy (non-hydrogen) atoms. The lowest BCUT2D eigenvalue weighted by atomic mass is 10.1. The third-order valence-electron chi connectivity index (χ3n) is 2.56. The van der Waals surface area contributed by atoms with Gasteiger partial charge in [0.25, 0.3) is 0 Å². The van der Waals surface area contributed by atoms with E-state index in [4.69, 9.17) is 9.47 Å². The van der Waals surface area contributed by atoms with Gasteiger partial charge in [-0.2, -0.15) is 0 Å². The van der Waals surface area contributed by atoms with Crippen LogP contribution in [0.25, 0.3) is 0 Å². The van der Waals surface area contributed by atoms with Crippen LogP contribution in [0.5, 0.6) is 0 Å². The van der Waals surface area contributed by atoms with Gasteiger partial charge in [0.15, 0.2) is 0 Å². The third-order valence-corrected chi connectivity index (χ3v) is 2.56. The molecule has 0 aliphatic heterocycles. The number of nitrogens with one attached hydrogen (secondary N) is 1. The lowest BCUT2D eigenvalue weighted by molar-refractivity contribution is 0.127. The van der Waals surface area contributed by atoms with Crippen molar-refractivity contribution in [2.45, 2.75) is 33.0 Å². The van der Waals surface area contributed by atoms with Gasteiger partial charge >= 0.3 is 0 Å². The summed E-state index contributed by atoms with van der Waals surface area (Å²) in [5.41, 5.74) is 2.49. The standard InChI is InChI=1S/C14H23NO2/c1-4-17-10-12(2)15-9-13-5-7-14(8-6-13)11-16-3/h5-8,12,15H,4,9-11H2,1-3H3. The fourth-order valence-corrected chi connectivity index (χ4v) is 1.57. The van der Waals surface area contributed by atoms with Crippen molar-refractivity contribution in [3.05, 3.63) is 35.4 Å². The predicted octanol–water partition coefficient (Wildman–Crippen LogP) is 2.35. The maximum atomic E-state index is 5.36. The van der Waals surface area contributed by atoms with Crippen molar-refractivity contribution in [3.63, 3.8) is 0 Å². The van der Waals surface area contributed by atoms with Gasteiger partial charge in [-0.3, -0.25) is 0 Å². The van der Waals surface area contributed by atoms with E-state index < -0.39 is 0 Å². The normalized spacial score (nSPS) is 12.6. The summed E-state index contributed by atoms with van der Waals surface area (Å²) in [7, 11) is 1.71. The minimum Gasteiger partial charge on any atom is -0.380 e. The van der Waals surface area contributed by atoms with E-state index >= 15 is 0 Å². The van der Waals surface area contributed by atoms with Gasteiger partial charge in [0.2, 0.25) is 0 Å². The van der Waals surface area contributed by atoms with Crippen molar-refractivity contribution in [2.75, 3.05) is 20.3 Å². The van der Waals surface area contributed by atoms with Crippen molar-refractivity contribution in [1.82, 2.24) is 5.32 Å². The summed E-state index contributed by atoms with van der Waals surface area (Å²) < 4.78 is 10.4. The van der Waals surface area contributed by atoms with Crippen LogP contribution in [0.2, 0.25) is 0 Å². The van der Waals surface area contributed by atoms with E-state index in [1.807, 2.05) is 6.92 Å². The van der Waals surface area contributed by atoms with E-state index in [0.717, 1.165) is 19.8 Å². The van der Waals surface area contributed by atoms with Crippen molar-refractivity contribution >= 4 is 0 Å². The Labute approximate surface area is 104 Å². The molecule has 0 saturated heterocycles. The average Bonchev–Trinajstić information content (AvgIpc) is 2.36. The fourth-order valence-electron chi connectivity index (χ4n) is 1.57. The second-order valence-electron chi connectivity index (χ2n) is 4.19. The molecule has 1 aromatic carbocycles. The van der Waals surface area contributed by atoms with Crippen LogP contribution in [-0.2, 0) is 22.6 Å². The summed E-state index contributed by atoms with van der Waals surface area (Å²) in [4.78, 5) is 0. The van der Waals surface area contributed by atoms with E-state index in [1.54, 1.807) is 7.11 Å². The molecule has 0 radical (unpaired) electrons. The minimum absolute atomic E-state index is 0.383. The van der Waals surface area contributed by atoms with Crippen LogP contribution >= 0.6 is 0 Å². The first-order valence-corrected chi connectivity index (χ1v) is 6.14. The maximum absolute atomic E-state index is 5.36. The van der Waals surface area contributed by atoms with Gasteiger partial charge in [-0.15, -0.1) is 0 Å². The molecule has 0 heterocycles. The molecule has 1 aromatic rings. The van der Waals surface area contributed by atoms with E-state index in [9.17, 15) is 0 Å². The molecular weight excluding hydrogens is 214 g/mol. The molecule has 0 bridgehead atoms. The Balaban J connectivity index is 2.31. The van der Waals surface area contributed by atoms with Gasteiger partial charge in [-0.1, -0.05) is 24.3 Å². The van der Waals surface area contributed by atoms with Gasteiger partial charge in [-0.25, -0.2) is 0 Å². The molecule has 1 atom stereocenters. The highest BCUT2D eigenvalue weighted by atomic mass is 16.5. The van der Waals surface area contributed by atoms with Crippen LogP contribution < -0.4 is 5.32 Å². The summed E-state index contributed by atoms with van der Waals surface area (Å²) in [6.07, 6.45) is 0. The smallest absolute Gasteiger partial charge is 0.0713 e. The second kappa shape index (κ2) is 8.23. The van der Waals surface area contributed by atoms with Crippen molar-refractivity contribution in [2.24, 2.45) is 0 Å². The van der Waals surface area contributed by atoms with E-state index in [1.165, 1.54) is 11.1 Å². The maximum Gasteiger partial charge on any atom is 0.0713 e. The van der Waals surface area contributed by atoms with Crippen LogP contribution in [0.3, 0.4) is 0 Å². The number of benzene rings is 1. The SMILES string of the molecule is CCOCC(C)NCc1ccc(COC)cc1. The first-order valence-electron chi connectivity index (χ1n) is 6.14. The molecule has 0 aromatic heterocycles. The van der Waals surface area contributed by atoms with Gasteiger partial charge in [0.05, 0.1) is 13.2 Å². The topological polar surface area (TPSA) is 30.5 Å². The number of rotatable bonds is 8. The summed E-state index contributed by atoms with van der Waals surface area (Å²) in [5, 5.41) is 3.43. The molecule has 0 spiro atoms. The Hall–Kier alpha value is -0.900. The molecule has 1 N–H and O–H groups in total. The molecule has 96 valence electrons. The third kappa shape index (κ3) is 5.82. The monoisotopic (exact) mass is 237 g/mol. The molecule has 1 rings (SSSR count). The number of ether oxygens (including phenoxy) is 2. The Kier molecular flexibility index (Phi) is 6.86. The number of hydrogen-bond donors (Lipinski definition) is 1. The van der Waals surface area contributed by atoms with Gasteiger partial charge in [0, 0.05) is 26.3 Å². The van der Waals surface area contributed by atoms with Crippen LogP contribution in [0.15, 0.2) is 24.3 Å². The zero-order valence-corrected chi connectivity index (χ0v) is 11.0.